The van der Waals surface area contributed by atoms with E-state index in [0.29, 0.717) is 18.6 Å². The number of ether oxygens (including phenoxy) is 4. The highest BCUT2D eigenvalue weighted by Gasteiger charge is 2.44. The number of benzene rings is 2. The molecule has 2 aliphatic heterocycles. The molecule has 0 amide bonds. The summed E-state index contributed by atoms with van der Waals surface area (Å²) < 4.78 is 23.0. The second-order valence-electron chi connectivity index (χ2n) is 5.89. The van der Waals surface area contributed by atoms with Crippen molar-refractivity contribution in [1.29, 1.82) is 0 Å². The largest absolute Gasteiger partial charge is 0.462 e. The van der Waals surface area contributed by atoms with Crippen LogP contribution in [0.1, 0.15) is 11.1 Å². The fraction of sp³-hybridized carbons (Fsp3) is 0.143. The summed E-state index contributed by atoms with van der Waals surface area (Å²) >= 11 is 0. The number of allylic oxidation sites excluding steroid dienone is 1. The van der Waals surface area contributed by atoms with E-state index in [2.05, 4.69) is 0 Å². The van der Waals surface area contributed by atoms with Gasteiger partial charge in [0, 0.05) is 6.42 Å². The topological polar surface area (TPSA) is 36.9 Å². The lowest BCUT2D eigenvalue weighted by Gasteiger charge is -2.30. The Morgan fingerprint density at radius 3 is 1.92 bits per heavy atom. The predicted molar refractivity (Wildman–Crippen MR) is 92.7 cm³/mol. The smallest absolute Gasteiger partial charge is 0.317 e. The van der Waals surface area contributed by atoms with Crippen LogP contribution < -0.4 is 0 Å². The maximum Gasteiger partial charge on any atom is 0.317 e. The van der Waals surface area contributed by atoms with Crippen LogP contribution in [0.5, 0.6) is 0 Å². The summed E-state index contributed by atoms with van der Waals surface area (Å²) in [4.78, 5) is 0. The maximum atomic E-state index is 5.81. The second-order valence-corrected chi connectivity index (χ2v) is 5.89. The Hall–Kier alpha value is -3.14. The van der Waals surface area contributed by atoms with Gasteiger partial charge >= 0.3 is 5.79 Å². The van der Waals surface area contributed by atoms with Crippen LogP contribution in [0.25, 0.3) is 0 Å². The molecule has 0 atom stereocenters. The Balaban J connectivity index is 1.47. The van der Waals surface area contributed by atoms with Gasteiger partial charge in [-0.3, -0.25) is 0 Å². The molecule has 2 heterocycles. The van der Waals surface area contributed by atoms with Gasteiger partial charge in [0.25, 0.3) is 0 Å². The summed E-state index contributed by atoms with van der Waals surface area (Å²) in [6.07, 6.45) is 7.40. The summed E-state index contributed by atoms with van der Waals surface area (Å²) in [7, 11) is 0. The molecule has 4 heteroatoms. The second kappa shape index (κ2) is 6.77. The molecule has 0 unspecified atom stereocenters. The van der Waals surface area contributed by atoms with E-state index >= 15 is 0 Å². The minimum Gasteiger partial charge on any atom is -0.462 e. The predicted octanol–water partition coefficient (Wildman–Crippen LogP) is 4.42. The van der Waals surface area contributed by atoms with Gasteiger partial charge in [0.05, 0.1) is 6.42 Å². The fourth-order valence-electron chi connectivity index (χ4n) is 2.83. The third-order valence-corrected chi connectivity index (χ3v) is 4.08. The van der Waals surface area contributed by atoms with Gasteiger partial charge in [0.2, 0.25) is 5.76 Å². The first-order valence-electron chi connectivity index (χ1n) is 8.16. The van der Waals surface area contributed by atoms with Crippen LogP contribution in [0.4, 0.5) is 0 Å². The summed E-state index contributed by atoms with van der Waals surface area (Å²) in [5.41, 5.74) is 2.23. The van der Waals surface area contributed by atoms with Gasteiger partial charge < -0.3 is 18.9 Å². The van der Waals surface area contributed by atoms with Crippen molar-refractivity contribution in [3.63, 3.8) is 0 Å². The monoisotopic (exact) mass is 334 g/mol. The summed E-state index contributed by atoms with van der Waals surface area (Å²) in [6.45, 7) is 0. The first kappa shape index (κ1) is 15.4. The number of rotatable bonds is 5. The van der Waals surface area contributed by atoms with Gasteiger partial charge in [-0.1, -0.05) is 60.7 Å². The SMILES string of the molecule is C1=COC(Cc2ccccc2)(C2=COC(Cc3ccccc3)=CO2)O1. The minimum absolute atomic E-state index is 0.484. The Kier molecular flexibility index (Phi) is 4.17. The van der Waals surface area contributed by atoms with Gasteiger partial charge in [0.1, 0.15) is 30.8 Å². The van der Waals surface area contributed by atoms with Crippen molar-refractivity contribution in [2.45, 2.75) is 18.6 Å². The molecule has 2 aromatic carbocycles. The zero-order valence-electron chi connectivity index (χ0n) is 13.6. The first-order valence-corrected chi connectivity index (χ1v) is 8.16. The standard InChI is InChI=1S/C21H18O4/c1-3-7-17(8-4-1)13-19-15-23-20(16-22-19)21(24-11-12-25-21)14-18-9-5-2-6-10-18/h1-12,15-16H,13-14H2. The lowest BCUT2D eigenvalue weighted by Crippen LogP contribution is -2.36. The molecule has 0 saturated heterocycles. The van der Waals surface area contributed by atoms with E-state index in [-0.39, 0.29) is 0 Å². The molecule has 2 aromatic rings. The molecule has 0 spiro atoms. The molecular weight excluding hydrogens is 316 g/mol. The molecule has 25 heavy (non-hydrogen) atoms. The van der Waals surface area contributed by atoms with E-state index in [9.17, 15) is 0 Å². The minimum atomic E-state index is -1.03. The van der Waals surface area contributed by atoms with Crippen LogP contribution in [-0.2, 0) is 31.8 Å². The van der Waals surface area contributed by atoms with Crippen molar-refractivity contribution in [1.82, 2.24) is 0 Å². The Labute approximate surface area is 146 Å². The van der Waals surface area contributed by atoms with Gasteiger partial charge in [-0.2, -0.15) is 0 Å². The molecule has 4 rings (SSSR count). The van der Waals surface area contributed by atoms with Crippen molar-refractivity contribution >= 4 is 0 Å². The molecule has 0 aromatic heterocycles. The molecule has 126 valence electrons. The molecular formula is C21H18O4. The lowest BCUT2D eigenvalue weighted by atomic mass is 10.0. The maximum absolute atomic E-state index is 5.81. The van der Waals surface area contributed by atoms with Crippen LogP contribution >= 0.6 is 0 Å². The molecule has 0 radical (unpaired) electrons. The Morgan fingerprint density at radius 1 is 0.680 bits per heavy atom. The highest BCUT2D eigenvalue weighted by Crippen LogP contribution is 2.35. The van der Waals surface area contributed by atoms with Gasteiger partial charge in [-0.15, -0.1) is 0 Å². The van der Waals surface area contributed by atoms with E-state index in [4.69, 9.17) is 18.9 Å². The van der Waals surface area contributed by atoms with Crippen LogP contribution in [0.3, 0.4) is 0 Å². The quantitative estimate of drug-likeness (QED) is 0.811. The summed E-state index contributed by atoms with van der Waals surface area (Å²) in [6, 6.07) is 20.1. The van der Waals surface area contributed by atoms with Crippen LogP contribution in [0.2, 0.25) is 0 Å². The zero-order chi connectivity index (χ0) is 17.0. The van der Waals surface area contributed by atoms with Crippen LogP contribution in [-0.4, -0.2) is 5.79 Å². The zero-order valence-corrected chi connectivity index (χ0v) is 13.6. The summed E-state index contributed by atoms with van der Waals surface area (Å²) in [5, 5.41) is 0. The van der Waals surface area contributed by atoms with E-state index in [0.717, 1.165) is 16.9 Å². The molecule has 2 aliphatic rings. The van der Waals surface area contributed by atoms with Gasteiger partial charge in [-0.25, -0.2) is 0 Å². The molecule has 4 nitrogen and oxygen atoms in total. The normalized spacial score (nSPS) is 17.4. The van der Waals surface area contributed by atoms with Crippen molar-refractivity contribution in [2.24, 2.45) is 0 Å². The van der Waals surface area contributed by atoms with E-state index in [1.54, 1.807) is 12.5 Å². The average Bonchev–Trinajstić information content (AvgIpc) is 3.14. The lowest BCUT2D eigenvalue weighted by molar-refractivity contribution is -0.138. The number of hydrogen-bond acceptors (Lipinski definition) is 4. The molecule has 0 bridgehead atoms. The van der Waals surface area contributed by atoms with E-state index < -0.39 is 5.79 Å². The van der Waals surface area contributed by atoms with Gasteiger partial charge in [-0.05, 0) is 11.1 Å². The molecule has 0 aliphatic carbocycles. The summed E-state index contributed by atoms with van der Waals surface area (Å²) in [5.74, 6) is 0.185. The first-order chi connectivity index (χ1) is 12.3. The third kappa shape index (κ3) is 3.38. The van der Waals surface area contributed by atoms with Crippen molar-refractivity contribution < 1.29 is 18.9 Å². The molecule has 0 N–H and O–H groups in total. The average molecular weight is 334 g/mol. The molecule has 0 fully saturated rings. The van der Waals surface area contributed by atoms with E-state index in [1.165, 1.54) is 12.5 Å². The molecule has 0 saturated carbocycles. The highest BCUT2D eigenvalue weighted by atomic mass is 16.7. The highest BCUT2D eigenvalue weighted by molar-refractivity contribution is 5.24. The third-order valence-electron chi connectivity index (χ3n) is 4.08. The Bertz CT molecular complexity index is 798. The van der Waals surface area contributed by atoms with Gasteiger partial charge in [0.15, 0.2) is 0 Å². The van der Waals surface area contributed by atoms with E-state index in [1.807, 2.05) is 60.7 Å². The van der Waals surface area contributed by atoms with Crippen molar-refractivity contribution in [3.05, 3.63) is 108 Å². The fourth-order valence-corrected chi connectivity index (χ4v) is 2.83. The van der Waals surface area contributed by atoms with Crippen LogP contribution in [0, 0.1) is 0 Å². The Morgan fingerprint density at radius 2 is 1.32 bits per heavy atom. The van der Waals surface area contributed by atoms with Crippen molar-refractivity contribution in [2.75, 3.05) is 0 Å². The van der Waals surface area contributed by atoms with Crippen molar-refractivity contribution in [3.8, 4) is 0 Å². The number of hydrogen-bond donors (Lipinski definition) is 0. The van der Waals surface area contributed by atoms with Crippen LogP contribution in [0.15, 0.2) is 97.2 Å².